The van der Waals surface area contributed by atoms with Gasteiger partial charge in [0.05, 0.1) is 5.56 Å². The van der Waals surface area contributed by atoms with Crippen molar-refractivity contribution in [3.8, 4) is 28.7 Å². The Kier molecular flexibility index (Phi) is 3.15. The van der Waals surface area contributed by atoms with Gasteiger partial charge in [0, 0.05) is 0 Å². The van der Waals surface area contributed by atoms with Crippen LogP contribution in [0.5, 0.6) is 28.7 Å². The molecule has 2 rings (SSSR count). The Morgan fingerprint density at radius 3 is 2.00 bits per heavy atom. The van der Waals surface area contributed by atoms with Crippen LogP contribution in [0.15, 0.2) is 24.3 Å². The molecule has 6 heteroatoms. The molecule has 2 aromatic carbocycles. The van der Waals surface area contributed by atoms with Gasteiger partial charge in [-0.2, -0.15) is 0 Å². The fraction of sp³-hybridized carbons (Fsp3) is 0.0714. The first-order valence-electron chi connectivity index (χ1n) is 5.64. The lowest BCUT2D eigenvalue weighted by Crippen LogP contribution is -2.03. The number of benzene rings is 2. The van der Waals surface area contributed by atoms with E-state index in [1.54, 1.807) is 0 Å². The Bertz CT molecular complexity index is 685. The molecule has 0 aliphatic heterocycles. The minimum Gasteiger partial charge on any atom is -0.507 e. The van der Waals surface area contributed by atoms with Crippen molar-refractivity contribution in [2.45, 2.75) is 6.92 Å². The molecule has 0 unspecified atom stereocenters. The molecule has 5 N–H and O–H groups in total. The SMILES string of the molecule is Cc1cc(C(=O)c2c(O)cccc2O)c(O)c(O)c1O. The summed E-state index contributed by atoms with van der Waals surface area (Å²) in [5.41, 5.74) is -0.569. The Hall–Kier alpha value is -2.89. The maximum atomic E-state index is 12.3. The molecule has 0 amide bonds. The number of carbonyl (C=O) groups excluding carboxylic acids is 1. The van der Waals surface area contributed by atoms with Gasteiger partial charge in [-0.1, -0.05) is 6.07 Å². The number of hydrogen-bond acceptors (Lipinski definition) is 6. The number of rotatable bonds is 2. The Balaban J connectivity index is 2.66. The first-order valence-corrected chi connectivity index (χ1v) is 5.64. The molecular formula is C14H12O6. The number of phenolic OH excluding ortho intramolecular Hbond substituents is 5. The third-order valence-electron chi connectivity index (χ3n) is 2.93. The minimum absolute atomic E-state index is 0.165. The standard InChI is InChI=1S/C14H12O6/c1-6-5-7(13(19)14(20)11(6)17)12(18)10-8(15)3-2-4-9(10)16/h2-5,15-17,19-20H,1H3. The third-order valence-corrected chi connectivity index (χ3v) is 2.93. The van der Waals surface area contributed by atoms with E-state index >= 15 is 0 Å². The van der Waals surface area contributed by atoms with Gasteiger partial charge >= 0.3 is 0 Å². The van der Waals surface area contributed by atoms with Crippen LogP contribution in [-0.2, 0) is 0 Å². The average molecular weight is 276 g/mol. The van der Waals surface area contributed by atoms with Crippen LogP contribution in [-0.4, -0.2) is 31.3 Å². The number of carbonyl (C=O) groups is 1. The maximum Gasteiger partial charge on any atom is 0.204 e. The second kappa shape index (κ2) is 4.65. The summed E-state index contributed by atoms with van der Waals surface area (Å²) in [7, 11) is 0. The predicted octanol–water partition coefficient (Wildman–Crippen LogP) is 1.75. The van der Waals surface area contributed by atoms with Gasteiger partial charge in [-0.3, -0.25) is 4.79 Å². The molecule has 0 heterocycles. The van der Waals surface area contributed by atoms with Gasteiger partial charge in [-0.25, -0.2) is 0 Å². The number of hydrogen-bond donors (Lipinski definition) is 5. The monoisotopic (exact) mass is 276 g/mol. The van der Waals surface area contributed by atoms with Gasteiger partial charge in [0.1, 0.15) is 17.1 Å². The van der Waals surface area contributed by atoms with Gasteiger partial charge < -0.3 is 25.5 Å². The van der Waals surface area contributed by atoms with E-state index in [1.807, 2.05) is 0 Å². The number of aryl methyl sites for hydroxylation is 1. The van der Waals surface area contributed by atoms with Crippen LogP contribution in [0.3, 0.4) is 0 Å². The van der Waals surface area contributed by atoms with Gasteiger partial charge in [-0.15, -0.1) is 0 Å². The summed E-state index contributed by atoms with van der Waals surface area (Å²) < 4.78 is 0. The van der Waals surface area contributed by atoms with Crippen molar-refractivity contribution in [3.63, 3.8) is 0 Å². The lowest BCUT2D eigenvalue weighted by atomic mass is 9.98. The smallest absolute Gasteiger partial charge is 0.204 e. The van der Waals surface area contributed by atoms with Crippen molar-refractivity contribution < 1.29 is 30.3 Å². The second-order valence-corrected chi connectivity index (χ2v) is 4.29. The van der Waals surface area contributed by atoms with Crippen molar-refractivity contribution in [1.82, 2.24) is 0 Å². The van der Waals surface area contributed by atoms with Crippen LogP contribution in [0.2, 0.25) is 0 Å². The number of aromatic hydroxyl groups is 5. The van der Waals surface area contributed by atoms with Crippen LogP contribution < -0.4 is 0 Å². The first kappa shape index (κ1) is 13.5. The van der Waals surface area contributed by atoms with Crippen LogP contribution in [0, 0.1) is 6.92 Å². The van der Waals surface area contributed by atoms with Crippen molar-refractivity contribution in [1.29, 1.82) is 0 Å². The molecule has 0 saturated heterocycles. The van der Waals surface area contributed by atoms with Gasteiger partial charge in [-0.05, 0) is 30.7 Å². The summed E-state index contributed by atoms with van der Waals surface area (Å²) in [4.78, 5) is 12.3. The molecule has 0 fully saturated rings. The third kappa shape index (κ3) is 1.97. The first-order chi connectivity index (χ1) is 9.34. The van der Waals surface area contributed by atoms with Crippen LogP contribution >= 0.6 is 0 Å². The van der Waals surface area contributed by atoms with E-state index in [0.29, 0.717) is 0 Å². The van der Waals surface area contributed by atoms with Crippen molar-refractivity contribution in [2.24, 2.45) is 0 Å². The highest BCUT2D eigenvalue weighted by Crippen LogP contribution is 2.42. The summed E-state index contributed by atoms with van der Waals surface area (Å²) in [6.45, 7) is 1.43. The minimum atomic E-state index is -0.878. The zero-order chi connectivity index (χ0) is 15.0. The molecule has 0 spiro atoms. The van der Waals surface area contributed by atoms with Crippen LogP contribution in [0.25, 0.3) is 0 Å². The van der Waals surface area contributed by atoms with E-state index in [-0.39, 0.29) is 11.1 Å². The summed E-state index contributed by atoms with van der Waals surface area (Å²) in [6.07, 6.45) is 0. The highest BCUT2D eigenvalue weighted by Gasteiger charge is 2.24. The Labute approximate surface area is 113 Å². The normalized spacial score (nSPS) is 10.4. The maximum absolute atomic E-state index is 12.3. The Morgan fingerprint density at radius 2 is 1.45 bits per heavy atom. The molecule has 0 bridgehead atoms. The van der Waals surface area contributed by atoms with E-state index in [1.165, 1.54) is 25.1 Å². The molecular weight excluding hydrogens is 264 g/mol. The summed E-state index contributed by atoms with van der Waals surface area (Å²) in [6, 6.07) is 4.91. The van der Waals surface area contributed by atoms with Crippen molar-refractivity contribution in [2.75, 3.05) is 0 Å². The zero-order valence-electron chi connectivity index (χ0n) is 10.5. The van der Waals surface area contributed by atoms with Gasteiger partial charge in [0.2, 0.25) is 11.5 Å². The van der Waals surface area contributed by atoms with E-state index in [2.05, 4.69) is 0 Å². The molecule has 104 valence electrons. The quantitative estimate of drug-likeness (QED) is 0.421. The number of phenols is 5. The molecule has 6 nitrogen and oxygen atoms in total. The fourth-order valence-corrected chi connectivity index (χ4v) is 1.85. The van der Waals surface area contributed by atoms with Gasteiger partial charge in [0.15, 0.2) is 11.5 Å². The zero-order valence-corrected chi connectivity index (χ0v) is 10.5. The molecule has 0 aliphatic rings. The Morgan fingerprint density at radius 1 is 0.900 bits per heavy atom. The van der Waals surface area contributed by atoms with E-state index in [4.69, 9.17) is 0 Å². The van der Waals surface area contributed by atoms with E-state index in [0.717, 1.165) is 6.07 Å². The highest BCUT2D eigenvalue weighted by molar-refractivity contribution is 6.14. The van der Waals surface area contributed by atoms with Crippen molar-refractivity contribution in [3.05, 3.63) is 41.0 Å². The topological polar surface area (TPSA) is 118 Å². The summed E-state index contributed by atoms with van der Waals surface area (Å²) in [5, 5.41) is 48.0. The lowest BCUT2D eigenvalue weighted by molar-refractivity contribution is 0.103. The second-order valence-electron chi connectivity index (χ2n) is 4.29. The van der Waals surface area contributed by atoms with Gasteiger partial charge in [0.25, 0.3) is 0 Å². The molecule has 0 aromatic heterocycles. The molecule has 20 heavy (non-hydrogen) atoms. The predicted molar refractivity (Wildman–Crippen MR) is 69.4 cm³/mol. The largest absolute Gasteiger partial charge is 0.507 e. The molecule has 0 radical (unpaired) electrons. The fourth-order valence-electron chi connectivity index (χ4n) is 1.85. The summed E-state index contributed by atoms with van der Waals surface area (Å²) in [5.74, 6) is -3.99. The molecule has 0 saturated carbocycles. The van der Waals surface area contributed by atoms with Crippen molar-refractivity contribution >= 4 is 5.78 Å². The average Bonchev–Trinajstić information content (AvgIpc) is 2.40. The lowest BCUT2D eigenvalue weighted by Gasteiger charge is -2.11. The molecule has 0 aliphatic carbocycles. The molecule has 0 atom stereocenters. The van der Waals surface area contributed by atoms with Crippen LogP contribution in [0.1, 0.15) is 21.5 Å². The molecule has 2 aromatic rings. The van der Waals surface area contributed by atoms with E-state index < -0.39 is 40.1 Å². The number of ketones is 1. The summed E-state index contributed by atoms with van der Waals surface area (Å²) >= 11 is 0. The highest BCUT2D eigenvalue weighted by atomic mass is 16.3. The van der Waals surface area contributed by atoms with Crippen LogP contribution in [0.4, 0.5) is 0 Å². The van der Waals surface area contributed by atoms with E-state index in [9.17, 15) is 30.3 Å².